The predicted molar refractivity (Wildman–Crippen MR) is 125 cm³/mol. The van der Waals surface area contributed by atoms with Crippen LogP contribution in [0.25, 0.3) is 0 Å². The van der Waals surface area contributed by atoms with Crippen molar-refractivity contribution in [3.05, 3.63) is 77.5 Å². The highest BCUT2D eigenvalue weighted by molar-refractivity contribution is 7.90. The van der Waals surface area contributed by atoms with Crippen molar-refractivity contribution in [3.8, 4) is 11.6 Å². The molecule has 2 amide bonds. The molecular weight excluding hydrogens is 426 g/mol. The molecule has 0 unspecified atom stereocenters. The minimum atomic E-state index is -3.10. The number of anilines is 2. The number of hydrogen-bond donors (Lipinski definition) is 2. The molecule has 2 aromatic carbocycles. The van der Waals surface area contributed by atoms with Crippen LogP contribution in [0.3, 0.4) is 0 Å². The van der Waals surface area contributed by atoms with E-state index < -0.39 is 15.9 Å². The monoisotopic (exact) mass is 451 g/mol. The lowest BCUT2D eigenvalue weighted by Gasteiger charge is -2.22. The second kappa shape index (κ2) is 8.27. The van der Waals surface area contributed by atoms with Crippen LogP contribution in [0.2, 0.25) is 0 Å². The summed E-state index contributed by atoms with van der Waals surface area (Å²) in [6.45, 7) is 6.30. The summed E-state index contributed by atoms with van der Waals surface area (Å²) in [4.78, 5) is 16.9. The Hall–Kier alpha value is -3.39. The van der Waals surface area contributed by atoms with Gasteiger partial charge in [0.15, 0.2) is 9.84 Å². The summed E-state index contributed by atoms with van der Waals surface area (Å²) in [5, 5.41) is 5.51. The number of urea groups is 1. The van der Waals surface area contributed by atoms with Crippen molar-refractivity contribution in [2.75, 3.05) is 10.6 Å². The normalized spacial score (nSPS) is 14.5. The summed E-state index contributed by atoms with van der Waals surface area (Å²) in [5.41, 5.74) is 3.31. The van der Waals surface area contributed by atoms with Crippen LogP contribution in [0.4, 0.5) is 16.2 Å². The molecule has 1 aromatic heterocycles. The molecule has 166 valence electrons. The topological polar surface area (TPSA) is 97.4 Å². The van der Waals surface area contributed by atoms with E-state index in [0.29, 0.717) is 22.7 Å². The van der Waals surface area contributed by atoms with Gasteiger partial charge in [0, 0.05) is 17.4 Å². The molecular formula is C24H25N3O4S. The lowest BCUT2D eigenvalue weighted by Crippen LogP contribution is -2.20. The van der Waals surface area contributed by atoms with Gasteiger partial charge in [-0.3, -0.25) is 0 Å². The number of nitrogens with zero attached hydrogens (tertiary/aromatic N) is 1. The second-order valence-corrected chi connectivity index (χ2v) is 10.9. The number of nitrogens with one attached hydrogen (secondary N) is 2. The number of aromatic nitrogens is 1. The van der Waals surface area contributed by atoms with Gasteiger partial charge in [0.25, 0.3) is 0 Å². The third-order valence-electron chi connectivity index (χ3n) is 5.14. The number of ether oxygens (including phenoxy) is 1. The minimum Gasteiger partial charge on any atom is -0.437 e. The van der Waals surface area contributed by atoms with Crippen molar-refractivity contribution < 1.29 is 17.9 Å². The quantitative estimate of drug-likeness (QED) is 0.565. The summed E-state index contributed by atoms with van der Waals surface area (Å²) in [6, 6.07) is 15.8. The van der Waals surface area contributed by atoms with Gasteiger partial charge >= 0.3 is 6.03 Å². The predicted octanol–water partition coefficient (Wildman–Crippen LogP) is 5.24. The fourth-order valence-electron chi connectivity index (χ4n) is 3.64. The molecule has 0 bridgehead atoms. The summed E-state index contributed by atoms with van der Waals surface area (Å²) < 4.78 is 29.7. The Kier molecular flexibility index (Phi) is 5.64. The molecule has 0 spiro atoms. The number of pyridine rings is 1. The van der Waals surface area contributed by atoms with E-state index in [1.807, 2.05) is 24.3 Å². The van der Waals surface area contributed by atoms with E-state index in [9.17, 15) is 13.2 Å². The highest BCUT2D eigenvalue weighted by Gasteiger charge is 2.25. The average Bonchev–Trinajstić information content (AvgIpc) is 3.02. The highest BCUT2D eigenvalue weighted by atomic mass is 32.2. The molecule has 0 atom stereocenters. The van der Waals surface area contributed by atoms with Crippen LogP contribution < -0.4 is 15.4 Å². The molecule has 0 aliphatic carbocycles. The zero-order chi connectivity index (χ0) is 22.9. The molecule has 4 rings (SSSR count). The molecule has 1 aliphatic heterocycles. The number of hydrogen-bond acceptors (Lipinski definition) is 5. The van der Waals surface area contributed by atoms with E-state index in [1.54, 1.807) is 36.5 Å². The van der Waals surface area contributed by atoms with Gasteiger partial charge in [0.1, 0.15) is 11.4 Å². The van der Waals surface area contributed by atoms with Crippen LogP contribution in [0, 0.1) is 0 Å². The lowest BCUT2D eigenvalue weighted by atomic mass is 9.86. The minimum absolute atomic E-state index is 0.00669. The van der Waals surface area contributed by atoms with Crippen molar-refractivity contribution in [2.45, 2.75) is 37.7 Å². The molecule has 2 heterocycles. The first-order valence-corrected chi connectivity index (χ1v) is 12.1. The molecule has 0 radical (unpaired) electrons. The summed E-state index contributed by atoms with van der Waals surface area (Å²) >= 11 is 0. The van der Waals surface area contributed by atoms with Gasteiger partial charge in [-0.2, -0.15) is 0 Å². The van der Waals surface area contributed by atoms with Crippen LogP contribution in [-0.2, 0) is 26.8 Å². The molecule has 32 heavy (non-hydrogen) atoms. The number of carbonyl (C=O) groups excluding carboxylic acids is 1. The fourth-order valence-corrected chi connectivity index (χ4v) is 5.24. The van der Waals surface area contributed by atoms with E-state index in [1.165, 1.54) is 0 Å². The Labute approximate surface area is 187 Å². The zero-order valence-corrected chi connectivity index (χ0v) is 19.0. The number of fused-ring (bicyclic) bond motifs is 1. The third kappa shape index (κ3) is 4.91. The van der Waals surface area contributed by atoms with Crippen molar-refractivity contribution in [3.63, 3.8) is 0 Å². The van der Waals surface area contributed by atoms with Crippen LogP contribution >= 0.6 is 0 Å². The van der Waals surface area contributed by atoms with Crippen molar-refractivity contribution in [2.24, 2.45) is 0 Å². The molecule has 2 N–H and O–H groups in total. The lowest BCUT2D eigenvalue weighted by molar-refractivity contribution is 0.262. The zero-order valence-electron chi connectivity index (χ0n) is 18.2. The average molecular weight is 452 g/mol. The molecule has 0 saturated heterocycles. The molecule has 0 saturated carbocycles. The van der Waals surface area contributed by atoms with Gasteiger partial charge in [-0.05, 0) is 46.9 Å². The molecule has 1 aliphatic rings. The van der Waals surface area contributed by atoms with Crippen molar-refractivity contribution in [1.29, 1.82) is 0 Å². The number of benzene rings is 2. The third-order valence-corrected chi connectivity index (χ3v) is 6.64. The van der Waals surface area contributed by atoms with E-state index in [4.69, 9.17) is 4.74 Å². The van der Waals surface area contributed by atoms with Gasteiger partial charge in [-0.15, -0.1) is 0 Å². The SMILES string of the molecule is CC(C)(C)c1ccccc1Oc1ncccc1NC(=O)Nc1ccc2c(c1)CS(=O)(=O)C2. The Morgan fingerprint density at radius 2 is 1.72 bits per heavy atom. The number of sulfone groups is 1. The maximum absolute atomic E-state index is 12.6. The van der Waals surface area contributed by atoms with Gasteiger partial charge in [0.05, 0.1) is 11.5 Å². The summed E-state index contributed by atoms with van der Waals surface area (Å²) in [5.74, 6) is 0.982. The van der Waals surface area contributed by atoms with Gasteiger partial charge in [-0.25, -0.2) is 18.2 Å². The first kappa shape index (κ1) is 21.8. The highest BCUT2D eigenvalue weighted by Crippen LogP contribution is 2.35. The Balaban J connectivity index is 1.51. The molecule has 8 heteroatoms. The second-order valence-electron chi connectivity index (χ2n) is 8.80. The number of para-hydroxylation sites is 1. The Morgan fingerprint density at radius 3 is 2.50 bits per heavy atom. The van der Waals surface area contributed by atoms with Gasteiger partial charge < -0.3 is 15.4 Å². The largest absolute Gasteiger partial charge is 0.437 e. The fraction of sp³-hybridized carbons (Fsp3) is 0.250. The Bertz CT molecular complexity index is 1280. The molecule has 3 aromatic rings. The molecule has 0 fully saturated rings. The molecule has 7 nitrogen and oxygen atoms in total. The van der Waals surface area contributed by atoms with Crippen LogP contribution in [0.5, 0.6) is 11.6 Å². The number of carbonyl (C=O) groups is 1. The van der Waals surface area contributed by atoms with Crippen LogP contribution in [-0.4, -0.2) is 19.4 Å². The van der Waals surface area contributed by atoms with Crippen LogP contribution in [0.15, 0.2) is 60.8 Å². The van der Waals surface area contributed by atoms with E-state index in [2.05, 4.69) is 36.4 Å². The van der Waals surface area contributed by atoms with E-state index in [-0.39, 0.29) is 22.8 Å². The summed E-state index contributed by atoms with van der Waals surface area (Å²) in [6.07, 6.45) is 1.60. The number of rotatable bonds is 4. The van der Waals surface area contributed by atoms with E-state index in [0.717, 1.165) is 11.1 Å². The van der Waals surface area contributed by atoms with E-state index >= 15 is 0 Å². The van der Waals surface area contributed by atoms with Crippen molar-refractivity contribution >= 4 is 27.2 Å². The Morgan fingerprint density at radius 1 is 0.969 bits per heavy atom. The first-order chi connectivity index (χ1) is 15.1. The number of amides is 2. The van der Waals surface area contributed by atoms with Gasteiger partial charge in [-0.1, -0.05) is 45.0 Å². The standard InChI is InChI=1S/C24H25N3O4S/c1-24(2,3)19-7-4-5-9-21(19)31-22-20(8-6-12-25-22)27-23(28)26-18-11-10-16-14-32(29,30)15-17(16)13-18/h4-13H,14-15H2,1-3H3,(H2,26,27,28). The first-order valence-electron chi connectivity index (χ1n) is 10.2. The maximum atomic E-state index is 12.6. The van der Waals surface area contributed by atoms with Gasteiger partial charge in [0.2, 0.25) is 5.88 Å². The van der Waals surface area contributed by atoms with Crippen LogP contribution in [0.1, 0.15) is 37.5 Å². The van der Waals surface area contributed by atoms with Crippen molar-refractivity contribution in [1.82, 2.24) is 4.98 Å². The maximum Gasteiger partial charge on any atom is 0.323 e. The smallest absolute Gasteiger partial charge is 0.323 e. The summed E-state index contributed by atoms with van der Waals surface area (Å²) in [7, 11) is -3.10.